The quantitative estimate of drug-likeness (QED) is 0.858. The molecule has 7 heteroatoms. The zero-order chi connectivity index (χ0) is 11.4. The third kappa shape index (κ3) is 2.66. The van der Waals surface area contributed by atoms with E-state index in [1.807, 2.05) is 17.8 Å². The van der Waals surface area contributed by atoms with E-state index in [1.54, 1.807) is 6.20 Å². The van der Waals surface area contributed by atoms with Crippen LogP contribution in [0.2, 0.25) is 5.28 Å². The molecule has 0 radical (unpaired) electrons. The predicted octanol–water partition coefficient (Wildman–Crippen LogP) is 0.913. The Labute approximate surface area is 97.7 Å². The first-order valence-corrected chi connectivity index (χ1v) is 5.19. The molecule has 0 aliphatic heterocycles. The molecule has 0 fully saturated rings. The molecular formula is C9H11ClN6. The molecule has 0 amide bonds. The van der Waals surface area contributed by atoms with Gasteiger partial charge in [0.15, 0.2) is 0 Å². The van der Waals surface area contributed by atoms with Crippen molar-refractivity contribution in [2.24, 2.45) is 7.05 Å². The first kappa shape index (κ1) is 10.8. The number of nitrogens with zero attached hydrogens (tertiary/aromatic N) is 5. The normalized spacial score (nSPS) is 10.4. The maximum absolute atomic E-state index is 5.61. The molecule has 0 aliphatic carbocycles. The SMILES string of the molecule is Cn1ccnc1CCNc1cnnc(Cl)n1. The Bertz CT molecular complexity index is 469. The molecule has 0 unspecified atom stereocenters. The molecule has 0 saturated carbocycles. The van der Waals surface area contributed by atoms with Crippen molar-refractivity contribution in [3.05, 3.63) is 29.7 Å². The van der Waals surface area contributed by atoms with Crippen molar-refractivity contribution in [1.82, 2.24) is 24.7 Å². The average Bonchev–Trinajstić information content (AvgIpc) is 2.65. The monoisotopic (exact) mass is 238 g/mol. The van der Waals surface area contributed by atoms with E-state index in [9.17, 15) is 0 Å². The number of aryl methyl sites for hydroxylation is 1. The Morgan fingerprint density at radius 2 is 2.38 bits per heavy atom. The van der Waals surface area contributed by atoms with Crippen molar-refractivity contribution < 1.29 is 0 Å². The minimum Gasteiger partial charge on any atom is -0.368 e. The zero-order valence-electron chi connectivity index (χ0n) is 8.76. The van der Waals surface area contributed by atoms with Crippen LogP contribution in [0.25, 0.3) is 0 Å². The van der Waals surface area contributed by atoms with Gasteiger partial charge in [0.1, 0.15) is 11.6 Å². The van der Waals surface area contributed by atoms with Gasteiger partial charge in [0.05, 0.1) is 6.20 Å². The van der Waals surface area contributed by atoms with E-state index in [0.29, 0.717) is 5.82 Å². The fourth-order valence-electron chi connectivity index (χ4n) is 1.31. The van der Waals surface area contributed by atoms with E-state index >= 15 is 0 Å². The van der Waals surface area contributed by atoms with Crippen LogP contribution in [-0.4, -0.2) is 31.3 Å². The van der Waals surface area contributed by atoms with Gasteiger partial charge in [-0.2, -0.15) is 10.1 Å². The molecule has 0 bridgehead atoms. The van der Waals surface area contributed by atoms with Crippen LogP contribution >= 0.6 is 11.6 Å². The number of hydrogen-bond donors (Lipinski definition) is 1. The Morgan fingerprint density at radius 3 is 3.06 bits per heavy atom. The fraction of sp³-hybridized carbons (Fsp3) is 0.333. The molecule has 0 aromatic carbocycles. The second kappa shape index (κ2) is 4.89. The number of aromatic nitrogens is 5. The summed E-state index contributed by atoms with van der Waals surface area (Å²) in [6.07, 6.45) is 6.03. The van der Waals surface area contributed by atoms with Crippen molar-refractivity contribution in [3.63, 3.8) is 0 Å². The molecule has 2 aromatic rings. The molecule has 0 aliphatic rings. The Hall–Kier alpha value is -1.69. The third-order valence-electron chi connectivity index (χ3n) is 2.11. The maximum atomic E-state index is 5.61. The number of hydrogen-bond acceptors (Lipinski definition) is 5. The summed E-state index contributed by atoms with van der Waals surface area (Å²) in [5.41, 5.74) is 0. The number of halogens is 1. The van der Waals surface area contributed by atoms with Crippen LogP contribution in [0.3, 0.4) is 0 Å². The second-order valence-electron chi connectivity index (χ2n) is 3.24. The van der Waals surface area contributed by atoms with Gasteiger partial charge in [-0.25, -0.2) is 4.98 Å². The molecule has 84 valence electrons. The van der Waals surface area contributed by atoms with Gasteiger partial charge in [-0.1, -0.05) is 0 Å². The summed E-state index contributed by atoms with van der Waals surface area (Å²) in [4.78, 5) is 8.18. The van der Waals surface area contributed by atoms with Crippen LogP contribution < -0.4 is 5.32 Å². The van der Waals surface area contributed by atoms with Crippen molar-refractivity contribution in [2.75, 3.05) is 11.9 Å². The lowest BCUT2D eigenvalue weighted by Gasteiger charge is -2.04. The van der Waals surface area contributed by atoms with Crippen molar-refractivity contribution in [1.29, 1.82) is 0 Å². The van der Waals surface area contributed by atoms with Gasteiger partial charge in [0, 0.05) is 32.4 Å². The summed E-state index contributed by atoms with van der Waals surface area (Å²) in [6, 6.07) is 0. The van der Waals surface area contributed by atoms with Gasteiger partial charge in [0.2, 0.25) is 5.28 Å². The summed E-state index contributed by atoms with van der Waals surface area (Å²) in [5, 5.41) is 10.5. The molecule has 1 N–H and O–H groups in total. The minimum atomic E-state index is 0.141. The highest BCUT2D eigenvalue weighted by molar-refractivity contribution is 6.28. The Kier molecular flexibility index (Phi) is 3.31. The third-order valence-corrected chi connectivity index (χ3v) is 2.27. The van der Waals surface area contributed by atoms with Crippen LogP contribution in [0, 0.1) is 0 Å². The molecule has 2 heterocycles. The molecule has 0 saturated heterocycles. The van der Waals surface area contributed by atoms with Crippen LogP contribution in [0.15, 0.2) is 18.6 Å². The lowest BCUT2D eigenvalue weighted by Crippen LogP contribution is -2.10. The zero-order valence-corrected chi connectivity index (χ0v) is 9.52. The molecule has 2 rings (SSSR count). The van der Waals surface area contributed by atoms with Crippen molar-refractivity contribution in [2.45, 2.75) is 6.42 Å². The largest absolute Gasteiger partial charge is 0.368 e. The van der Waals surface area contributed by atoms with E-state index in [0.717, 1.165) is 18.8 Å². The minimum absolute atomic E-state index is 0.141. The van der Waals surface area contributed by atoms with Crippen molar-refractivity contribution in [3.8, 4) is 0 Å². The van der Waals surface area contributed by atoms with E-state index in [1.165, 1.54) is 6.20 Å². The van der Waals surface area contributed by atoms with Gasteiger partial charge in [-0.05, 0) is 11.6 Å². The molecule has 0 spiro atoms. The van der Waals surface area contributed by atoms with E-state index in [2.05, 4.69) is 25.5 Å². The highest BCUT2D eigenvalue weighted by atomic mass is 35.5. The van der Waals surface area contributed by atoms with Crippen LogP contribution in [0.5, 0.6) is 0 Å². The molecule has 2 aromatic heterocycles. The maximum Gasteiger partial charge on any atom is 0.244 e. The summed E-state index contributed by atoms with van der Waals surface area (Å²) in [6.45, 7) is 0.722. The van der Waals surface area contributed by atoms with Gasteiger partial charge < -0.3 is 9.88 Å². The molecule has 16 heavy (non-hydrogen) atoms. The van der Waals surface area contributed by atoms with Crippen LogP contribution in [0.4, 0.5) is 5.82 Å². The summed E-state index contributed by atoms with van der Waals surface area (Å²) in [5.74, 6) is 1.63. The first-order chi connectivity index (χ1) is 7.75. The molecule has 6 nitrogen and oxygen atoms in total. The number of anilines is 1. The van der Waals surface area contributed by atoms with Gasteiger partial charge >= 0.3 is 0 Å². The van der Waals surface area contributed by atoms with E-state index in [-0.39, 0.29) is 5.28 Å². The fourth-order valence-corrected chi connectivity index (χ4v) is 1.44. The topological polar surface area (TPSA) is 68.5 Å². The highest BCUT2D eigenvalue weighted by Gasteiger charge is 2.00. The van der Waals surface area contributed by atoms with Crippen molar-refractivity contribution >= 4 is 17.4 Å². The van der Waals surface area contributed by atoms with Gasteiger partial charge in [0.25, 0.3) is 0 Å². The van der Waals surface area contributed by atoms with Crippen LogP contribution in [0.1, 0.15) is 5.82 Å². The lowest BCUT2D eigenvalue weighted by molar-refractivity contribution is 0.787. The number of imidazole rings is 1. The number of nitrogens with one attached hydrogen (secondary N) is 1. The summed E-state index contributed by atoms with van der Waals surface area (Å²) in [7, 11) is 1.96. The predicted molar refractivity (Wildman–Crippen MR) is 60.2 cm³/mol. The Morgan fingerprint density at radius 1 is 1.50 bits per heavy atom. The summed E-state index contributed by atoms with van der Waals surface area (Å²) < 4.78 is 1.98. The first-order valence-electron chi connectivity index (χ1n) is 4.81. The molecule has 0 atom stereocenters. The average molecular weight is 239 g/mol. The standard InChI is InChI=1S/C9H11ClN6/c1-16-5-4-12-8(16)2-3-11-7-6-13-15-9(10)14-7/h4-6H,2-3H2,1H3,(H,11,14,15). The smallest absolute Gasteiger partial charge is 0.244 e. The number of rotatable bonds is 4. The molecular weight excluding hydrogens is 228 g/mol. The van der Waals surface area contributed by atoms with E-state index in [4.69, 9.17) is 11.6 Å². The van der Waals surface area contributed by atoms with Gasteiger partial charge in [-0.15, -0.1) is 5.10 Å². The lowest BCUT2D eigenvalue weighted by atomic mass is 10.4. The second-order valence-corrected chi connectivity index (χ2v) is 3.58. The highest BCUT2D eigenvalue weighted by Crippen LogP contribution is 2.04. The summed E-state index contributed by atoms with van der Waals surface area (Å²) >= 11 is 5.61. The van der Waals surface area contributed by atoms with E-state index < -0.39 is 0 Å². The van der Waals surface area contributed by atoms with Crippen LogP contribution in [-0.2, 0) is 13.5 Å². The van der Waals surface area contributed by atoms with Gasteiger partial charge in [-0.3, -0.25) is 0 Å². The Balaban J connectivity index is 1.87.